The normalized spacial score (nSPS) is 11.1. The Morgan fingerprint density at radius 1 is 1.38 bits per heavy atom. The van der Waals surface area contributed by atoms with Gasteiger partial charge in [0.25, 0.3) is 0 Å². The molecule has 0 spiro atoms. The molecule has 0 fully saturated rings. The van der Waals surface area contributed by atoms with Crippen LogP contribution in [0.3, 0.4) is 0 Å². The number of carbonyl (C=O) groups is 1. The first kappa shape index (κ1) is 9.45. The molecule has 0 N–H and O–H groups in total. The zero-order chi connectivity index (χ0) is 9.68. The Morgan fingerprint density at radius 2 is 2.00 bits per heavy atom. The van der Waals surface area contributed by atoms with Crippen LogP contribution >= 0.6 is 0 Å². The Kier molecular flexibility index (Phi) is 3.20. The van der Waals surface area contributed by atoms with Crippen molar-refractivity contribution in [3.63, 3.8) is 0 Å². The number of allylic oxidation sites excluding steroid dienone is 1. The number of hydrogen-bond acceptors (Lipinski definition) is 3. The fraction of sp³-hybridized carbons (Fsp3) is 0.200. The second-order valence-electron chi connectivity index (χ2n) is 2.90. The molecule has 0 bridgehead atoms. The summed E-state index contributed by atoms with van der Waals surface area (Å²) >= 11 is 0. The molecule has 0 saturated heterocycles. The molecule has 0 unspecified atom stereocenters. The highest BCUT2D eigenvalue weighted by atomic mass is 16.1. The predicted molar refractivity (Wildman–Crippen MR) is 52.0 cm³/mol. The zero-order valence-electron chi connectivity index (χ0n) is 7.77. The van der Waals surface area contributed by atoms with E-state index in [1.165, 1.54) is 0 Å². The molecule has 3 nitrogen and oxygen atoms in total. The van der Waals surface area contributed by atoms with Crippen molar-refractivity contribution in [2.75, 3.05) is 14.1 Å². The Hall–Kier alpha value is -1.64. The van der Waals surface area contributed by atoms with Crippen LogP contribution in [0.25, 0.3) is 5.57 Å². The SMILES string of the molecule is CN(C)/C=C(/C=O)c1ccncc1. The largest absolute Gasteiger partial charge is 0.383 e. The minimum atomic E-state index is 0.660. The van der Waals surface area contributed by atoms with Crippen LogP contribution in [0.2, 0.25) is 0 Å². The van der Waals surface area contributed by atoms with Crippen molar-refractivity contribution in [1.82, 2.24) is 9.88 Å². The van der Waals surface area contributed by atoms with Gasteiger partial charge < -0.3 is 4.90 Å². The number of aromatic nitrogens is 1. The van der Waals surface area contributed by atoms with Crippen LogP contribution in [-0.2, 0) is 4.79 Å². The van der Waals surface area contributed by atoms with Crippen LogP contribution in [0.5, 0.6) is 0 Å². The molecule has 1 heterocycles. The van der Waals surface area contributed by atoms with Crippen molar-refractivity contribution in [2.24, 2.45) is 0 Å². The van der Waals surface area contributed by atoms with Gasteiger partial charge in [0.15, 0.2) is 6.29 Å². The Morgan fingerprint density at radius 3 is 2.46 bits per heavy atom. The van der Waals surface area contributed by atoms with Crippen molar-refractivity contribution in [1.29, 1.82) is 0 Å². The van der Waals surface area contributed by atoms with Gasteiger partial charge in [-0.1, -0.05) is 0 Å². The fourth-order valence-electron chi connectivity index (χ4n) is 0.996. The summed E-state index contributed by atoms with van der Waals surface area (Å²) in [5.41, 5.74) is 1.55. The number of hydrogen-bond donors (Lipinski definition) is 0. The number of pyridine rings is 1. The Bertz CT molecular complexity index is 304. The van der Waals surface area contributed by atoms with E-state index in [0.717, 1.165) is 11.8 Å². The zero-order valence-corrected chi connectivity index (χ0v) is 7.77. The molecule has 68 valence electrons. The van der Waals surface area contributed by atoms with Crippen molar-refractivity contribution in [2.45, 2.75) is 0 Å². The van der Waals surface area contributed by atoms with Crippen LogP contribution < -0.4 is 0 Å². The maximum Gasteiger partial charge on any atom is 0.152 e. The summed E-state index contributed by atoms with van der Waals surface area (Å²) in [7, 11) is 3.76. The highest BCUT2D eigenvalue weighted by molar-refractivity contribution is 6.06. The fourth-order valence-corrected chi connectivity index (χ4v) is 0.996. The third-order valence-corrected chi connectivity index (χ3v) is 1.54. The molecule has 0 atom stereocenters. The van der Waals surface area contributed by atoms with Crippen LogP contribution in [-0.4, -0.2) is 30.3 Å². The topological polar surface area (TPSA) is 33.2 Å². The van der Waals surface area contributed by atoms with Crippen LogP contribution in [0.15, 0.2) is 30.7 Å². The quantitative estimate of drug-likeness (QED) is 0.512. The van der Waals surface area contributed by atoms with E-state index in [2.05, 4.69) is 4.98 Å². The van der Waals surface area contributed by atoms with Crippen LogP contribution in [0, 0.1) is 0 Å². The molecule has 0 aliphatic rings. The van der Waals surface area contributed by atoms with Gasteiger partial charge in [0.1, 0.15) is 0 Å². The van der Waals surface area contributed by atoms with Crippen molar-refractivity contribution in [3.05, 3.63) is 36.3 Å². The molecule has 3 heteroatoms. The second kappa shape index (κ2) is 4.40. The number of carbonyl (C=O) groups excluding carboxylic acids is 1. The first-order valence-corrected chi connectivity index (χ1v) is 3.98. The van der Waals surface area contributed by atoms with Gasteiger partial charge in [-0.05, 0) is 17.7 Å². The lowest BCUT2D eigenvalue weighted by atomic mass is 10.1. The lowest BCUT2D eigenvalue weighted by Gasteiger charge is -2.06. The van der Waals surface area contributed by atoms with E-state index >= 15 is 0 Å². The molecule has 13 heavy (non-hydrogen) atoms. The smallest absolute Gasteiger partial charge is 0.152 e. The van der Waals surface area contributed by atoms with E-state index in [-0.39, 0.29) is 0 Å². The van der Waals surface area contributed by atoms with Gasteiger partial charge in [0.05, 0.1) is 0 Å². The minimum Gasteiger partial charge on any atom is -0.383 e. The third-order valence-electron chi connectivity index (χ3n) is 1.54. The highest BCUT2D eigenvalue weighted by Crippen LogP contribution is 2.10. The lowest BCUT2D eigenvalue weighted by molar-refractivity contribution is -0.103. The number of rotatable bonds is 3. The second-order valence-corrected chi connectivity index (χ2v) is 2.90. The van der Waals surface area contributed by atoms with Crippen molar-refractivity contribution < 1.29 is 4.79 Å². The molecule has 1 aromatic heterocycles. The summed E-state index contributed by atoms with van der Waals surface area (Å²) in [5, 5.41) is 0. The van der Waals surface area contributed by atoms with E-state index in [4.69, 9.17) is 0 Å². The summed E-state index contributed by atoms with van der Waals surface area (Å²) in [6, 6.07) is 3.62. The van der Waals surface area contributed by atoms with Gasteiger partial charge in [-0.3, -0.25) is 9.78 Å². The van der Waals surface area contributed by atoms with Crippen molar-refractivity contribution in [3.8, 4) is 0 Å². The number of nitrogens with zero attached hydrogens (tertiary/aromatic N) is 2. The molecule has 1 rings (SSSR count). The van der Waals surface area contributed by atoms with Gasteiger partial charge in [-0.2, -0.15) is 0 Å². The molecule has 0 aliphatic heterocycles. The molecular weight excluding hydrogens is 164 g/mol. The average molecular weight is 176 g/mol. The molecule has 0 aliphatic carbocycles. The van der Waals surface area contributed by atoms with Gasteiger partial charge in [0, 0.05) is 38.3 Å². The van der Waals surface area contributed by atoms with Gasteiger partial charge in [-0.15, -0.1) is 0 Å². The lowest BCUT2D eigenvalue weighted by Crippen LogP contribution is -2.03. The monoisotopic (exact) mass is 176 g/mol. The number of aldehydes is 1. The van der Waals surface area contributed by atoms with Crippen LogP contribution in [0.4, 0.5) is 0 Å². The van der Waals surface area contributed by atoms with E-state index < -0.39 is 0 Å². The first-order valence-electron chi connectivity index (χ1n) is 3.98. The first-order chi connectivity index (χ1) is 6.24. The molecule has 0 aromatic carbocycles. The maximum atomic E-state index is 10.7. The molecule has 1 aromatic rings. The van der Waals surface area contributed by atoms with Gasteiger partial charge >= 0.3 is 0 Å². The van der Waals surface area contributed by atoms with E-state index in [1.807, 2.05) is 31.1 Å². The molecule has 0 amide bonds. The van der Waals surface area contributed by atoms with Crippen LogP contribution in [0.1, 0.15) is 5.56 Å². The molecular formula is C10H12N2O. The predicted octanol–water partition coefficient (Wildman–Crippen LogP) is 1.18. The summed E-state index contributed by atoms with van der Waals surface area (Å²) in [6.45, 7) is 0. The maximum absolute atomic E-state index is 10.7. The Balaban J connectivity index is 2.98. The Labute approximate surface area is 77.7 Å². The minimum absolute atomic E-state index is 0.660. The summed E-state index contributed by atoms with van der Waals surface area (Å²) in [4.78, 5) is 16.4. The average Bonchev–Trinajstić information content (AvgIpc) is 2.15. The standard InChI is InChI=1S/C10H12N2O/c1-12(2)7-10(8-13)9-3-5-11-6-4-9/h3-8H,1-2H3/b10-7-. The molecule has 0 radical (unpaired) electrons. The summed E-state index contributed by atoms with van der Waals surface area (Å²) < 4.78 is 0. The van der Waals surface area contributed by atoms with E-state index in [9.17, 15) is 4.79 Å². The molecule has 0 saturated carbocycles. The van der Waals surface area contributed by atoms with E-state index in [1.54, 1.807) is 18.6 Å². The summed E-state index contributed by atoms with van der Waals surface area (Å²) in [5.74, 6) is 0. The van der Waals surface area contributed by atoms with Gasteiger partial charge in [0.2, 0.25) is 0 Å². The third kappa shape index (κ3) is 2.71. The van der Waals surface area contributed by atoms with E-state index in [0.29, 0.717) is 5.57 Å². The van der Waals surface area contributed by atoms with Gasteiger partial charge in [-0.25, -0.2) is 0 Å². The van der Waals surface area contributed by atoms with Crippen molar-refractivity contribution >= 4 is 11.9 Å². The highest BCUT2D eigenvalue weighted by Gasteiger charge is 1.98. The summed E-state index contributed by atoms with van der Waals surface area (Å²) in [6.07, 6.45) is 5.96.